The van der Waals surface area contributed by atoms with Gasteiger partial charge in [-0.3, -0.25) is 0 Å². The van der Waals surface area contributed by atoms with Crippen molar-refractivity contribution in [3.05, 3.63) is 23.8 Å². The normalized spacial score (nSPS) is 12.2. The summed E-state index contributed by atoms with van der Waals surface area (Å²) in [6.07, 6.45) is 2.18. The van der Waals surface area contributed by atoms with Gasteiger partial charge in [0.1, 0.15) is 4.99 Å². The molecule has 0 radical (unpaired) electrons. The molecule has 5 heteroatoms. The smallest absolute Gasteiger partial charge is 0.107 e. The van der Waals surface area contributed by atoms with Gasteiger partial charge in [0.2, 0.25) is 0 Å². The Kier molecular flexibility index (Phi) is 6.46. The van der Waals surface area contributed by atoms with Crippen molar-refractivity contribution >= 4 is 34.7 Å². The fraction of sp³-hybridized carbons (Fsp3) is 0.462. The number of nitrogens with two attached hydrogens (primary N) is 1. The molecule has 0 saturated heterocycles. The summed E-state index contributed by atoms with van der Waals surface area (Å²) in [6, 6.07) is 6.02. The Morgan fingerprint density at radius 2 is 2.28 bits per heavy atom. The number of anilines is 1. The van der Waals surface area contributed by atoms with Gasteiger partial charge in [-0.1, -0.05) is 18.3 Å². The third-order valence-electron chi connectivity index (χ3n) is 2.52. The number of benzene rings is 1. The third kappa shape index (κ3) is 4.15. The molecule has 3 nitrogen and oxygen atoms in total. The lowest BCUT2D eigenvalue weighted by molar-refractivity contribution is 0.0855. The Labute approximate surface area is 118 Å². The van der Waals surface area contributed by atoms with E-state index in [4.69, 9.17) is 22.7 Å². The van der Waals surface area contributed by atoms with Gasteiger partial charge in [0, 0.05) is 29.3 Å². The second-order valence-corrected chi connectivity index (χ2v) is 5.18. The predicted molar refractivity (Wildman–Crippen MR) is 83.7 cm³/mol. The number of ether oxygens (including phenoxy) is 1. The van der Waals surface area contributed by atoms with Crippen LogP contribution in [0, 0.1) is 0 Å². The van der Waals surface area contributed by atoms with Crippen molar-refractivity contribution in [2.45, 2.75) is 24.8 Å². The van der Waals surface area contributed by atoms with Crippen molar-refractivity contribution in [2.75, 3.05) is 24.7 Å². The first-order valence-electron chi connectivity index (χ1n) is 5.92. The minimum absolute atomic E-state index is 0.159. The van der Waals surface area contributed by atoms with Crippen LogP contribution in [0.15, 0.2) is 23.1 Å². The molecular weight excluding hydrogens is 264 g/mol. The molecule has 1 unspecified atom stereocenters. The maximum Gasteiger partial charge on any atom is 0.107 e. The highest BCUT2D eigenvalue weighted by Gasteiger charge is 2.11. The van der Waals surface area contributed by atoms with Crippen molar-refractivity contribution < 1.29 is 4.74 Å². The highest BCUT2D eigenvalue weighted by atomic mass is 32.2. The van der Waals surface area contributed by atoms with Crippen LogP contribution < -0.4 is 11.1 Å². The second kappa shape index (κ2) is 7.61. The molecule has 0 saturated carbocycles. The van der Waals surface area contributed by atoms with Crippen LogP contribution in [0.5, 0.6) is 0 Å². The first-order valence-corrected chi connectivity index (χ1v) is 7.55. The SMILES string of the molecule is CCOC(C)CNc1cccc(SC)c1C(N)=S. The molecule has 0 amide bonds. The zero-order valence-corrected chi connectivity index (χ0v) is 12.7. The van der Waals surface area contributed by atoms with Gasteiger partial charge >= 0.3 is 0 Å². The number of hydrogen-bond donors (Lipinski definition) is 2. The topological polar surface area (TPSA) is 47.3 Å². The summed E-state index contributed by atoms with van der Waals surface area (Å²) in [4.78, 5) is 1.52. The summed E-state index contributed by atoms with van der Waals surface area (Å²) in [7, 11) is 0. The van der Waals surface area contributed by atoms with Gasteiger partial charge in [-0.2, -0.15) is 0 Å². The largest absolute Gasteiger partial charge is 0.389 e. The van der Waals surface area contributed by atoms with E-state index in [1.165, 1.54) is 0 Å². The molecule has 0 heterocycles. The quantitative estimate of drug-likeness (QED) is 0.595. The average Bonchev–Trinajstić information content (AvgIpc) is 2.35. The Morgan fingerprint density at radius 1 is 1.56 bits per heavy atom. The van der Waals surface area contributed by atoms with Crippen molar-refractivity contribution in [2.24, 2.45) is 5.73 Å². The zero-order chi connectivity index (χ0) is 13.5. The van der Waals surface area contributed by atoms with E-state index in [1.807, 2.05) is 38.3 Å². The molecule has 0 aliphatic heterocycles. The molecular formula is C13H20N2OS2. The molecule has 0 bridgehead atoms. The van der Waals surface area contributed by atoms with Crippen molar-refractivity contribution in [3.63, 3.8) is 0 Å². The molecule has 100 valence electrons. The van der Waals surface area contributed by atoms with E-state index in [2.05, 4.69) is 5.32 Å². The van der Waals surface area contributed by atoms with Crippen LogP contribution >= 0.6 is 24.0 Å². The molecule has 1 aromatic carbocycles. The van der Waals surface area contributed by atoms with Crippen molar-refractivity contribution in [1.29, 1.82) is 0 Å². The molecule has 3 N–H and O–H groups in total. The number of rotatable bonds is 7. The molecule has 0 fully saturated rings. The molecule has 0 spiro atoms. The predicted octanol–water partition coefficient (Wildman–Crippen LogP) is 2.88. The number of nitrogens with one attached hydrogen (secondary N) is 1. The fourth-order valence-electron chi connectivity index (χ4n) is 1.70. The second-order valence-electron chi connectivity index (χ2n) is 3.89. The molecule has 1 rings (SSSR count). The van der Waals surface area contributed by atoms with Crippen LogP contribution in [-0.2, 0) is 4.74 Å². The first kappa shape index (κ1) is 15.3. The summed E-state index contributed by atoms with van der Waals surface area (Å²) in [5, 5.41) is 3.35. The number of thioether (sulfide) groups is 1. The summed E-state index contributed by atoms with van der Waals surface area (Å²) >= 11 is 6.77. The minimum Gasteiger partial charge on any atom is -0.389 e. The summed E-state index contributed by atoms with van der Waals surface area (Å²) in [6.45, 7) is 5.48. The summed E-state index contributed by atoms with van der Waals surface area (Å²) in [5.74, 6) is 0. The lowest BCUT2D eigenvalue weighted by atomic mass is 10.1. The van der Waals surface area contributed by atoms with Crippen molar-refractivity contribution in [1.82, 2.24) is 0 Å². The molecule has 1 atom stereocenters. The fourth-order valence-corrected chi connectivity index (χ4v) is 2.62. The van der Waals surface area contributed by atoms with E-state index < -0.39 is 0 Å². The summed E-state index contributed by atoms with van der Waals surface area (Å²) < 4.78 is 5.49. The van der Waals surface area contributed by atoms with Crippen LogP contribution in [0.25, 0.3) is 0 Å². The van der Waals surface area contributed by atoms with E-state index in [-0.39, 0.29) is 6.10 Å². The van der Waals surface area contributed by atoms with E-state index in [9.17, 15) is 0 Å². The van der Waals surface area contributed by atoms with Crippen LogP contribution in [-0.4, -0.2) is 30.5 Å². The van der Waals surface area contributed by atoms with Crippen LogP contribution in [0.2, 0.25) is 0 Å². The van der Waals surface area contributed by atoms with Crippen LogP contribution in [0.3, 0.4) is 0 Å². The molecule has 1 aromatic rings. The minimum atomic E-state index is 0.159. The lowest BCUT2D eigenvalue weighted by Crippen LogP contribution is -2.22. The van der Waals surface area contributed by atoms with Gasteiger partial charge in [0.05, 0.1) is 6.10 Å². The van der Waals surface area contributed by atoms with Gasteiger partial charge < -0.3 is 15.8 Å². The van der Waals surface area contributed by atoms with Crippen molar-refractivity contribution in [3.8, 4) is 0 Å². The number of hydrogen-bond acceptors (Lipinski definition) is 4. The maximum atomic E-state index is 5.80. The third-order valence-corrected chi connectivity index (χ3v) is 3.51. The molecule has 0 aromatic heterocycles. The first-order chi connectivity index (χ1) is 8.60. The number of thiocarbonyl (C=S) groups is 1. The highest BCUT2D eigenvalue weighted by Crippen LogP contribution is 2.27. The summed E-state index contributed by atoms with van der Waals surface area (Å²) in [5.41, 5.74) is 7.70. The van der Waals surface area contributed by atoms with E-state index in [1.54, 1.807) is 11.8 Å². The molecule has 0 aliphatic rings. The van der Waals surface area contributed by atoms with Gasteiger partial charge in [-0.25, -0.2) is 0 Å². The Bertz CT molecular complexity index is 410. The van der Waals surface area contributed by atoms with Gasteiger partial charge in [-0.05, 0) is 32.2 Å². The van der Waals surface area contributed by atoms with Gasteiger partial charge in [0.25, 0.3) is 0 Å². The Hall–Kier alpha value is -0.780. The van der Waals surface area contributed by atoms with Crippen LogP contribution in [0.4, 0.5) is 5.69 Å². The maximum absolute atomic E-state index is 5.80. The van der Waals surface area contributed by atoms with E-state index >= 15 is 0 Å². The van der Waals surface area contributed by atoms with Gasteiger partial charge in [-0.15, -0.1) is 11.8 Å². The average molecular weight is 284 g/mol. The monoisotopic (exact) mass is 284 g/mol. The van der Waals surface area contributed by atoms with E-state index in [0.29, 0.717) is 4.99 Å². The van der Waals surface area contributed by atoms with Crippen LogP contribution in [0.1, 0.15) is 19.4 Å². The Morgan fingerprint density at radius 3 is 2.83 bits per heavy atom. The van der Waals surface area contributed by atoms with Gasteiger partial charge in [0.15, 0.2) is 0 Å². The zero-order valence-electron chi connectivity index (χ0n) is 11.0. The standard InChI is InChI=1S/C13H20N2OS2/c1-4-16-9(2)8-15-10-6-5-7-11(18-3)12(10)13(14)17/h5-7,9,15H,4,8H2,1-3H3,(H2,14,17). The molecule has 18 heavy (non-hydrogen) atoms. The Balaban J connectivity index is 2.85. The highest BCUT2D eigenvalue weighted by molar-refractivity contribution is 7.98. The lowest BCUT2D eigenvalue weighted by Gasteiger charge is -2.17. The van der Waals surface area contributed by atoms with E-state index in [0.717, 1.165) is 29.3 Å². The molecule has 0 aliphatic carbocycles.